The van der Waals surface area contributed by atoms with E-state index in [4.69, 9.17) is 0 Å². The Bertz CT molecular complexity index is 1140. The molecule has 5 nitrogen and oxygen atoms in total. The summed E-state index contributed by atoms with van der Waals surface area (Å²) in [6.45, 7) is 8.21. The minimum Gasteiger partial charge on any atom is -0.355 e. The molecule has 2 aliphatic heterocycles. The second-order valence-corrected chi connectivity index (χ2v) is 10.9. The molecule has 2 heterocycles. The summed E-state index contributed by atoms with van der Waals surface area (Å²) < 4.78 is 42.1. The van der Waals surface area contributed by atoms with Crippen molar-refractivity contribution in [1.82, 2.24) is 15.1 Å². The fraction of sp³-hybridized carbons (Fsp3) is 0.500. The topological polar surface area (TPSA) is 52.7 Å². The SMILES string of the molecule is CNC(=O)c1cc(F)ccc1C1CCN(C(=O)C2CN(C(C)(C)C)CC2c2ccc(F)cc2F)CC1. The third-order valence-corrected chi connectivity index (χ3v) is 7.68. The number of nitrogens with zero attached hydrogens (tertiary/aromatic N) is 2. The maximum atomic E-state index is 14.8. The van der Waals surface area contributed by atoms with Gasteiger partial charge in [-0.15, -0.1) is 0 Å². The maximum Gasteiger partial charge on any atom is 0.251 e. The number of halogens is 3. The molecule has 36 heavy (non-hydrogen) atoms. The Morgan fingerprint density at radius 1 is 0.917 bits per heavy atom. The number of carbonyl (C=O) groups is 2. The van der Waals surface area contributed by atoms with Gasteiger partial charge in [-0.05, 0) is 68.9 Å². The number of nitrogens with one attached hydrogen (secondary N) is 1. The zero-order valence-corrected chi connectivity index (χ0v) is 21.3. The minimum absolute atomic E-state index is 0.0282. The van der Waals surface area contributed by atoms with Crippen molar-refractivity contribution in [2.24, 2.45) is 5.92 Å². The van der Waals surface area contributed by atoms with Gasteiger partial charge in [-0.3, -0.25) is 14.5 Å². The fourth-order valence-electron chi connectivity index (χ4n) is 5.58. The highest BCUT2D eigenvalue weighted by atomic mass is 19.1. The molecule has 8 heteroatoms. The number of carbonyl (C=O) groups excluding carboxylic acids is 2. The lowest BCUT2D eigenvalue weighted by molar-refractivity contribution is -0.136. The van der Waals surface area contributed by atoms with Crippen molar-refractivity contribution in [3.63, 3.8) is 0 Å². The van der Waals surface area contributed by atoms with E-state index in [-0.39, 0.29) is 29.2 Å². The van der Waals surface area contributed by atoms with E-state index in [1.165, 1.54) is 31.3 Å². The van der Waals surface area contributed by atoms with Gasteiger partial charge in [0.05, 0.1) is 5.92 Å². The van der Waals surface area contributed by atoms with Crippen LogP contribution in [0.1, 0.15) is 66.9 Å². The standard InChI is InChI=1S/C28H34F3N3O2/c1-28(2,3)34-15-23(21-8-6-19(30)14-25(21)31)24(16-34)27(36)33-11-9-17(10-12-33)20-7-5-18(29)13-22(20)26(35)32-4/h5-8,13-14,17,23-24H,9-12,15-16H2,1-4H3,(H,32,35). The molecule has 2 fully saturated rings. The van der Waals surface area contributed by atoms with Gasteiger partial charge >= 0.3 is 0 Å². The average Bonchev–Trinajstić information content (AvgIpc) is 3.29. The van der Waals surface area contributed by atoms with E-state index in [0.29, 0.717) is 50.1 Å². The summed E-state index contributed by atoms with van der Waals surface area (Å²) in [7, 11) is 1.52. The third kappa shape index (κ3) is 5.28. The van der Waals surface area contributed by atoms with Crippen LogP contribution in [0, 0.1) is 23.4 Å². The predicted octanol–water partition coefficient (Wildman–Crippen LogP) is 4.68. The average molecular weight is 502 g/mol. The van der Waals surface area contributed by atoms with Crippen molar-refractivity contribution in [2.45, 2.75) is 51.0 Å². The number of rotatable bonds is 4. The summed E-state index contributed by atoms with van der Waals surface area (Å²) in [4.78, 5) is 30.0. The molecule has 2 aromatic carbocycles. The van der Waals surface area contributed by atoms with Crippen LogP contribution < -0.4 is 5.32 Å². The lowest BCUT2D eigenvalue weighted by Crippen LogP contribution is -2.44. The van der Waals surface area contributed by atoms with E-state index in [0.717, 1.165) is 11.6 Å². The first-order valence-electron chi connectivity index (χ1n) is 12.5. The molecule has 2 atom stereocenters. The fourth-order valence-corrected chi connectivity index (χ4v) is 5.58. The molecule has 0 radical (unpaired) electrons. The Hall–Kier alpha value is -2.87. The van der Waals surface area contributed by atoms with Gasteiger partial charge in [0.2, 0.25) is 5.91 Å². The molecule has 0 aliphatic carbocycles. The van der Waals surface area contributed by atoms with Crippen LogP contribution in [0.3, 0.4) is 0 Å². The Morgan fingerprint density at radius 3 is 2.11 bits per heavy atom. The summed E-state index contributed by atoms with van der Waals surface area (Å²) in [5.41, 5.74) is 1.29. The second-order valence-electron chi connectivity index (χ2n) is 10.9. The first-order valence-corrected chi connectivity index (χ1v) is 12.5. The lowest BCUT2D eigenvalue weighted by Gasteiger charge is -2.35. The van der Waals surface area contributed by atoms with E-state index in [1.54, 1.807) is 6.07 Å². The summed E-state index contributed by atoms with van der Waals surface area (Å²) >= 11 is 0. The van der Waals surface area contributed by atoms with Crippen molar-refractivity contribution >= 4 is 11.8 Å². The molecular formula is C28H34F3N3O2. The van der Waals surface area contributed by atoms with Gasteiger partial charge in [0.1, 0.15) is 17.5 Å². The molecule has 2 aromatic rings. The van der Waals surface area contributed by atoms with E-state index in [9.17, 15) is 22.8 Å². The van der Waals surface area contributed by atoms with Crippen LogP contribution in [-0.4, -0.2) is 60.4 Å². The monoisotopic (exact) mass is 501 g/mol. The molecule has 2 saturated heterocycles. The number of benzene rings is 2. The van der Waals surface area contributed by atoms with Crippen LogP contribution in [0.25, 0.3) is 0 Å². The molecule has 2 unspecified atom stereocenters. The van der Waals surface area contributed by atoms with Crippen LogP contribution >= 0.6 is 0 Å². The van der Waals surface area contributed by atoms with Crippen LogP contribution in [0.5, 0.6) is 0 Å². The Balaban J connectivity index is 1.52. The van der Waals surface area contributed by atoms with Gasteiger partial charge in [-0.25, -0.2) is 13.2 Å². The van der Waals surface area contributed by atoms with Gasteiger partial charge in [-0.2, -0.15) is 0 Å². The first-order chi connectivity index (χ1) is 17.0. The van der Waals surface area contributed by atoms with Crippen LogP contribution in [-0.2, 0) is 4.79 Å². The third-order valence-electron chi connectivity index (χ3n) is 7.68. The zero-order chi connectivity index (χ0) is 26.2. The van der Waals surface area contributed by atoms with Gasteiger partial charge in [0.15, 0.2) is 0 Å². The summed E-state index contributed by atoms with van der Waals surface area (Å²) in [5.74, 6) is -2.86. The Labute approximate surface area is 210 Å². The Kier molecular flexibility index (Phi) is 7.46. The Morgan fingerprint density at radius 2 is 1.53 bits per heavy atom. The smallest absolute Gasteiger partial charge is 0.251 e. The molecule has 1 N–H and O–H groups in total. The largest absolute Gasteiger partial charge is 0.355 e. The maximum absolute atomic E-state index is 14.8. The highest BCUT2D eigenvalue weighted by Gasteiger charge is 2.44. The van der Waals surface area contributed by atoms with Crippen molar-refractivity contribution in [1.29, 1.82) is 0 Å². The summed E-state index contributed by atoms with van der Waals surface area (Å²) in [6.07, 6.45) is 1.29. The summed E-state index contributed by atoms with van der Waals surface area (Å²) in [5, 5.41) is 2.57. The molecule has 0 spiro atoms. The summed E-state index contributed by atoms with van der Waals surface area (Å²) in [6, 6.07) is 7.87. The normalized spacial score (nSPS) is 21.6. The van der Waals surface area contributed by atoms with E-state index < -0.39 is 23.4 Å². The van der Waals surface area contributed by atoms with Crippen molar-refractivity contribution in [2.75, 3.05) is 33.2 Å². The van der Waals surface area contributed by atoms with E-state index in [1.807, 2.05) is 4.90 Å². The highest BCUT2D eigenvalue weighted by Crippen LogP contribution is 2.39. The molecule has 0 bridgehead atoms. The molecular weight excluding hydrogens is 467 g/mol. The van der Waals surface area contributed by atoms with Crippen LogP contribution in [0.15, 0.2) is 36.4 Å². The van der Waals surface area contributed by atoms with Crippen LogP contribution in [0.2, 0.25) is 0 Å². The molecule has 0 aromatic heterocycles. The molecule has 2 amide bonds. The van der Waals surface area contributed by atoms with Crippen LogP contribution in [0.4, 0.5) is 13.2 Å². The van der Waals surface area contributed by atoms with Crippen molar-refractivity contribution in [3.8, 4) is 0 Å². The van der Waals surface area contributed by atoms with E-state index >= 15 is 0 Å². The highest BCUT2D eigenvalue weighted by molar-refractivity contribution is 5.95. The van der Waals surface area contributed by atoms with E-state index in [2.05, 4.69) is 31.0 Å². The predicted molar refractivity (Wildman–Crippen MR) is 132 cm³/mol. The quantitative estimate of drug-likeness (QED) is 0.662. The lowest BCUT2D eigenvalue weighted by atomic mass is 9.84. The van der Waals surface area contributed by atoms with Crippen molar-refractivity contribution < 1.29 is 22.8 Å². The number of hydrogen-bond donors (Lipinski definition) is 1. The van der Waals surface area contributed by atoms with Crippen molar-refractivity contribution in [3.05, 3.63) is 70.5 Å². The molecule has 4 rings (SSSR count). The minimum atomic E-state index is -0.635. The number of piperidine rings is 1. The number of amides is 2. The zero-order valence-electron chi connectivity index (χ0n) is 21.3. The van der Waals surface area contributed by atoms with Gasteiger partial charge in [-0.1, -0.05) is 12.1 Å². The van der Waals surface area contributed by atoms with Gasteiger partial charge < -0.3 is 10.2 Å². The molecule has 0 saturated carbocycles. The number of likely N-dealkylation sites (tertiary alicyclic amines) is 2. The van der Waals surface area contributed by atoms with Gasteiger partial charge in [0.25, 0.3) is 5.91 Å². The van der Waals surface area contributed by atoms with Gasteiger partial charge in [0, 0.05) is 56.3 Å². The molecule has 2 aliphatic rings. The number of hydrogen-bond acceptors (Lipinski definition) is 3. The molecule has 194 valence electrons. The first kappa shape index (κ1) is 26.2. The second kappa shape index (κ2) is 10.2.